The molecule has 0 atom stereocenters. The Morgan fingerprint density at radius 1 is 1.30 bits per heavy atom. The average molecular weight is 397 g/mol. The number of esters is 1. The maximum absolute atomic E-state index is 12.1. The largest absolute Gasteiger partial charge is 0.459 e. The minimum atomic E-state index is -0.414. The van der Waals surface area contributed by atoms with Gasteiger partial charge >= 0.3 is 5.97 Å². The van der Waals surface area contributed by atoms with Crippen molar-refractivity contribution in [1.82, 2.24) is 4.98 Å². The van der Waals surface area contributed by atoms with Crippen LogP contribution in [0, 0.1) is 6.92 Å². The number of anilines is 1. The van der Waals surface area contributed by atoms with E-state index in [0.717, 1.165) is 21.4 Å². The van der Waals surface area contributed by atoms with E-state index in [-0.39, 0.29) is 18.4 Å². The number of aryl methyl sites for hydroxylation is 1. The summed E-state index contributed by atoms with van der Waals surface area (Å²) in [6.07, 6.45) is 0.0527. The molecule has 2 aromatic rings. The normalized spacial score (nSPS) is 10.7. The van der Waals surface area contributed by atoms with Crippen LogP contribution in [0.5, 0.6) is 0 Å². The predicted octanol–water partition coefficient (Wildman–Crippen LogP) is 3.96. The van der Waals surface area contributed by atoms with E-state index >= 15 is 0 Å². The highest BCUT2D eigenvalue weighted by Gasteiger charge is 2.18. The van der Waals surface area contributed by atoms with Crippen LogP contribution in [-0.2, 0) is 16.0 Å². The molecule has 0 saturated heterocycles. The Balaban J connectivity index is 2.01. The first-order valence-corrected chi connectivity index (χ1v) is 8.69. The number of carbonyl (C=O) groups is 2. The van der Waals surface area contributed by atoms with Crippen molar-refractivity contribution >= 4 is 44.3 Å². The van der Waals surface area contributed by atoms with Gasteiger partial charge in [-0.05, 0) is 38.5 Å². The van der Waals surface area contributed by atoms with Crippen LogP contribution >= 0.6 is 27.3 Å². The molecule has 1 aromatic heterocycles. The number of thiazole rings is 1. The van der Waals surface area contributed by atoms with Gasteiger partial charge in [0.25, 0.3) is 0 Å². The van der Waals surface area contributed by atoms with E-state index in [2.05, 4.69) is 26.2 Å². The third kappa shape index (κ3) is 5.14. The summed E-state index contributed by atoms with van der Waals surface area (Å²) in [7, 11) is 0. The molecule has 0 saturated carbocycles. The number of hydrogen-bond acceptors (Lipinski definition) is 5. The van der Waals surface area contributed by atoms with Gasteiger partial charge in [-0.1, -0.05) is 39.4 Å². The van der Waals surface area contributed by atoms with Gasteiger partial charge in [0.05, 0.1) is 18.2 Å². The van der Waals surface area contributed by atoms with Crippen molar-refractivity contribution in [2.75, 3.05) is 5.32 Å². The highest BCUT2D eigenvalue weighted by atomic mass is 79.9. The van der Waals surface area contributed by atoms with E-state index in [0.29, 0.717) is 15.7 Å². The average Bonchev–Trinajstić information content (AvgIpc) is 2.81. The molecule has 0 bridgehead atoms. The Labute approximate surface area is 147 Å². The standard InChI is InChI=1S/C16H17BrN2O3S/c1-9(2)22-15(21)14-10(3)18-16(23-14)19-13(20)8-11-4-6-12(17)7-5-11/h4-7,9H,8H2,1-3H3,(H,18,19,20). The number of hydrogen-bond donors (Lipinski definition) is 1. The fourth-order valence-corrected chi connectivity index (χ4v) is 2.99. The predicted molar refractivity (Wildman–Crippen MR) is 93.9 cm³/mol. The van der Waals surface area contributed by atoms with Crippen LogP contribution in [0.25, 0.3) is 0 Å². The number of rotatable bonds is 5. The highest BCUT2D eigenvalue weighted by Crippen LogP contribution is 2.24. The number of ether oxygens (including phenoxy) is 1. The summed E-state index contributed by atoms with van der Waals surface area (Å²) in [4.78, 5) is 28.6. The molecule has 5 nitrogen and oxygen atoms in total. The molecule has 2 rings (SSSR count). The van der Waals surface area contributed by atoms with Crippen LogP contribution in [0.15, 0.2) is 28.7 Å². The lowest BCUT2D eigenvalue weighted by atomic mass is 10.1. The van der Waals surface area contributed by atoms with E-state index in [1.165, 1.54) is 0 Å². The second-order valence-corrected chi connectivity index (χ2v) is 7.15. The maximum Gasteiger partial charge on any atom is 0.350 e. The lowest BCUT2D eigenvalue weighted by Gasteiger charge is -2.05. The van der Waals surface area contributed by atoms with Crippen LogP contribution in [-0.4, -0.2) is 23.0 Å². The molecule has 0 aliphatic rings. The summed E-state index contributed by atoms with van der Waals surface area (Å²) in [5, 5.41) is 3.13. The van der Waals surface area contributed by atoms with Gasteiger partial charge in [-0.25, -0.2) is 9.78 Å². The highest BCUT2D eigenvalue weighted by molar-refractivity contribution is 9.10. The lowest BCUT2D eigenvalue weighted by molar-refractivity contribution is -0.115. The van der Waals surface area contributed by atoms with Crippen molar-refractivity contribution in [3.63, 3.8) is 0 Å². The Kier molecular flexibility index (Phi) is 5.90. The zero-order valence-electron chi connectivity index (χ0n) is 13.1. The van der Waals surface area contributed by atoms with Gasteiger partial charge in [-0.15, -0.1) is 0 Å². The molecular formula is C16H17BrN2O3S. The van der Waals surface area contributed by atoms with Crippen LogP contribution < -0.4 is 5.32 Å². The number of amides is 1. The van der Waals surface area contributed by atoms with Gasteiger partial charge in [-0.3, -0.25) is 4.79 Å². The monoisotopic (exact) mass is 396 g/mol. The molecule has 23 heavy (non-hydrogen) atoms. The van der Waals surface area contributed by atoms with Crippen molar-refractivity contribution in [3.8, 4) is 0 Å². The number of nitrogens with zero attached hydrogens (tertiary/aromatic N) is 1. The first-order chi connectivity index (χ1) is 10.8. The molecular weight excluding hydrogens is 380 g/mol. The third-order valence-corrected chi connectivity index (χ3v) is 4.43. The van der Waals surface area contributed by atoms with Crippen LogP contribution in [0.4, 0.5) is 5.13 Å². The van der Waals surface area contributed by atoms with Crippen molar-refractivity contribution < 1.29 is 14.3 Å². The number of benzene rings is 1. The maximum atomic E-state index is 12.1. The minimum Gasteiger partial charge on any atom is -0.459 e. The third-order valence-electron chi connectivity index (χ3n) is 2.85. The lowest BCUT2D eigenvalue weighted by Crippen LogP contribution is -2.14. The van der Waals surface area contributed by atoms with Gasteiger partial charge in [0.1, 0.15) is 4.88 Å². The Morgan fingerprint density at radius 3 is 2.57 bits per heavy atom. The van der Waals surface area contributed by atoms with E-state index in [4.69, 9.17) is 4.74 Å². The van der Waals surface area contributed by atoms with Gasteiger partial charge < -0.3 is 10.1 Å². The van der Waals surface area contributed by atoms with Crippen molar-refractivity contribution in [1.29, 1.82) is 0 Å². The van der Waals surface area contributed by atoms with Crippen molar-refractivity contribution in [3.05, 3.63) is 44.9 Å². The molecule has 0 radical (unpaired) electrons. The molecule has 0 fully saturated rings. The molecule has 0 unspecified atom stereocenters. The number of aromatic nitrogens is 1. The second-order valence-electron chi connectivity index (χ2n) is 5.24. The fourth-order valence-electron chi connectivity index (χ4n) is 1.86. The second kappa shape index (κ2) is 7.70. The molecule has 1 amide bonds. The van der Waals surface area contributed by atoms with Gasteiger partial charge in [0.15, 0.2) is 5.13 Å². The van der Waals surface area contributed by atoms with Gasteiger partial charge in [0, 0.05) is 4.47 Å². The molecule has 122 valence electrons. The quantitative estimate of drug-likeness (QED) is 0.776. The first kappa shape index (κ1) is 17.6. The number of carbonyl (C=O) groups excluding carboxylic acids is 2. The molecule has 1 N–H and O–H groups in total. The molecule has 0 aliphatic carbocycles. The molecule has 1 aromatic carbocycles. The summed E-state index contributed by atoms with van der Waals surface area (Å²) >= 11 is 4.48. The Bertz CT molecular complexity index is 711. The smallest absolute Gasteiger partial charge is 0.350 e. The molecule has 1 heterocycles. The summed E-state index contributed by atoms with van der Waals surface area (Å²) in [5.41, 5.74) is 1.46. The zero-order chi connectivity index (χ0) is 17.0. The van der Waals surface area contributed by atoms with Crippen molar-refractivity contribution in [2.24, 2.45) is 0 Å². The van der Waals surface area contributed by atoms with E-state index in [1.807, 2.05) is 24.3 Å². The topological polar surface area (TPSA) is 68.3 Å². The van der Waals surface area contributed by atoms with E-state index in [9.17, 15) is 9.59 Å². The summed E-state index contributed by atoms with van der Waals surface area (Å²) in [5.74, 6) is -0.590. The zero-order valence-corrected chi connectivity index (χ0v) is 15.5. The summed E-state index contributed by atoms with van der Waals surface area (Å²) < 4.78 is 6.12. The minimum absolute atomic E-state index is 0.176. The number of halogens is 1. The SMILES string of the molecule is Cc1nc(NC(=O)Cc2ccc(Br)cc2)sc1C(=O)OC(C)C. The van der Waals surface area contributed by atoms with E-state index < -0.39 is 5.97 Å². The first-order valence-electron chi connectivity index (χ1n) is 7.08. The molecule has 0 aliphatic heterocycles. The van der Waals surface area contributed by atoms with Crippen LogP contribution in [0.3, 0.4) is 0 Å². The summed E-state index contributed by atoms with van der Waals surface area (Å²) in [6.45, 7) is 5.29. The molecule has 7 heteroatoms. The van der Waals surface area contributed by atoms with Crippen LogP contribution in [0.1, 0.15) is 34.8 Å². The molecule has 0 spiro atoms. The number of nitrogens with one attached hydrogen (secondary N) is 1. The van der Waals surface area contributed by atoms with Gasteiger partial charge in [-0.2, -0.15) is 0 Å². The van der Waals surface area contributed by atoms with Crippen LogP contribution in [0.2, 0.25) is 0 Å². The Morgan fingerprint density at radius 2 is 1.96 bits per heavy atom. The summed E-state index contributed by atoms with van der Waals surface area (Å²) in [6, 6.07) is 7.52. The van der Waals surface area contributed by atoms with E-state index in [1.54, 1.807) is 20.8 Å². The fraction of sp³-hybridized carbons (Fsp3) is 0.312. The van der Waals surface area contributed by atoms with Crippen molar-refractivity contribution in [2.45, 2.75) is 33.3 Å². The van der Waals surface area contributed by atoms with Gasteiger partial charge in [0.2, 0.25) is 5.91 Å². The Hall–Kier alpha value is -1.73.